The number of amides is 2. The number of likely N-dealkylation sites (N-methyl/N-ethyl adjacent to an activating group) is 1. The van der Waals surface area contributed by atoms with Gasteiger partial charge in [-0.1, -0.05) is 48.5 Å². The fourth-order valence-electron chi connectivity index (χ4n) is 5.14. The largest absolute Gasteiger partial charge is 0.381 e. The first kappa shape index (κ1) is 22.5. The van der Waals surface area contributed by atoms with Gasteiger partial charge in [0, 0.05) is 39.6 Å². The van der Waals surface area contributed by atoms with E-state index in [4.69, 9.17) is 4.74 Å². The Morgan fingerprint density at radius 3 is 2.50 bits per heavy atom. The molecule has 2 aromatic carbocycles. The summed E-state index contributed by atoms with van der Waals surface area (Å²) in [7, 11) is 3.58. The second-order valence-electron chi connectivity index (χ2n) is 9.24. The lowest BCUT2D eigenvalue weighted by Gasteiger charge is -2.41. The van der Waals surface area contributed by atoms with E-state index in [0.717, 1.165) is 36.8 Å². The number of carbonyl (C=O) groups excluding carboxylic acids is 2. The molecule has 5 heteroatoms. The average molecular weight is 435 g/mol. The van der Waals surface area contributed by atoms with Gasteiger partial charge in [0.25, 0.3) is 0 Å². The molecule has 0 radical (unpaired) electrons. The second-order valence-corrected chi connectivity index (χ2v) is 9.24. The van der Waals surface area contributed by atoms with E-state index in [1.54, 1.807) is 12.0 Å². The van der Waals surface area contributed by atoms with Crippen LogP contribution in [0.15, 0.2) is 48.5 Å². The van der Waals surface area contributed by atoms with Gasteiger partial charge in [-0.2, -0.15) is 0 Å². The van der Waals surface area contributed by atoms with Crippen LogP contribution in [0.4, 0.5) is 0 Å². The lowest BCUT2D eigenvalue weighted by Crippen LogP contribution is -2.59. The first-order chi connectivity index (χ1) is 15.5. The van der Waals surface area contributed by atoms with Crippen LogP contribution < -0.4 is 0 Å². The Hall–Kier alpha value is -2.66. The normalized spacial score (nSPS) is 24.0. The van der Waals surface area contributed by atoms with Crippen LogP contribution in [0.5, 0.6) is 0 Å². The van der Waals surface area contributed by atoms with Gasteiger partial charge < -0.3 is 14.5 Å². The molecule has 5 nitrogen and oxygen atoms in total. The summed E-state index contributed by atoms with van der Waals surface area (Å²) in [6, 6.07) is 16.3. The van der Waals surface area contributed by atoms with Crippen molar-refractivity contribution in [1.29, 1.82) is 0 Å². The van der Waals surface area contributed by atoms with Gasteiger partial charge in [0.2, 0.25) is 11.8 Å². The lowest BCUT2D eigenvalue weighted by atomic mass is 9.85. The van der Waals surface area contributed by atoms with Crippen molar-refractivity contribution in [3.8, 4) is 11.1 Å². The van der Waals surface area contributed by atoms with Gasteiger partial charge in [0.15, 0.2) is 0 Å². The number of rotatable bonds is 5. The smallest absolute Gasteiger partial charge is 0.245 e. The molecule has 1 aliphatic carbocycles. The summed E-state index contributed by atoms with van der Waals surface area (Å²) in [5.41, 5.74) is 4.65. The summed E-state index contributed by atoms with van der Waals surface area (Å²) in [5, 5.41) is 0. The summed E-state index contributed by atoms with van der Waals surface area (Å²) in [6.07, 6.45) is 4.31. The van der Waals surface area contributed by atoms with Gasteiger partial charge in [0.1, 0.15) is 6.04 Å². The third-order valence-electron chi connectivity index (χ3n) is 7.17. The van der Waals surface area contributed by atoms with Gasteiger partial charge >= 0.3 is 0 Å². The number of carbonyl (C=O) groups is 2. The number of piperazine rings is 1. The Kier molecular flexibility index (Phi) is 6.95. The fraction of sp³-hybridized carbons (Fsp3) is 0.481. The van der Waals surface area contributed by atoms with Crippen LogP contribution in [0.2, 0.25) is 0 Å². The van der Waals surface area contributed by atoms with Crippen molar-refractivity contribution < 1.29 is 14.3 Å². The van der Waals surface area contributed by atoms with Gasteiger partial charge in [-0.05, 0) is 54.9 Å². The molecule has 1 atom stereocenters. The molecule has 0 spiro atoms. The van der Waals surface area contributed by atoms with Crippen molar-refractivity contribution in [2.45, 2.75) is 51.2 Å². The van der Waals surface area contributed by atoms with E-state index >= 15 is 0 Å². The Morgan fingerprint density at radius 2 is 1.78 bits per heavy atom. The van der Waals surface area contributed by atoms with Crippen molar-refractivity contribution >= 4 is 11.8 Å². The number of ether oxygens (including phenoxy) is 1. The maximum absolute atomic E-state index is 13.4. The van der Waals surface area contributed by atoms with Gasteiger partial charge in [-0.15, -0.1) is 0 Å². The molecule has 170 valence electrons. The number of methoxy groups -OCH3 is 1. The molecule has 1 saturated carbocycles. The minimum atomic E-state index is -0.437. The maximum atomic E-state index is 13.4. The zero-order valence-corrected chi connectivity index (χ0v) is 19.4. The van der Waals surface area contributed by atoms with Crippen LogP contribution in [-0.2, 0) is 20.7 Å². The summed E-state index contributed by atoms with van der Waals surface area (Å²) in [5.74, 6) is 0.177. The second kappa shape index (κ2) is 9.86. The average Bonchev–Trinajstić information content (AvgIpc) is 2.82. The maximum Gasteiger partial charge on any atom is 0.245 e. The van der Waals surface area contributed by atoms with Crippen LogP contribution in [0, 0.1) is 12.8 Å². The number of hydrogen-bond acceptors (Lipinski definition) is 3. The van der Waals surface area contributed by atoms with Crippen LogP contribution in [-0.4, -0.2) is 61.0 Å². The van der Waals surface area contributed by atoms with Crippen molar-refractivity contribution in [3.63, 3.8) is 0 Å². The first-order valence-electron chi connectivity index (χ1n) is 11.7. The van der Waals surface area contributed by atoms with Crippen molar-refractivity contribution in [2.24, 2.45) is 5.92 Å². The fourth-order valence-corrected chi connectivity index (χ4v) is 5.14. The molecule has 2 aliphatic rings. The van der Waals surface area contributed by atoms with E-state index in [0.29, 0.717) is 19.5 Å². The SMILES string of the molecule is COC1CCC(C(=O)N2CCN(C)C(=O)[C@@H]2Cc2cccc(-c3ccccc3C)c2)CC1. The third kappa shape index (κ3) is 4.73. The Morgan fingerprint density at radius 1 is 1.03 bits per heavy atom. The molecular weight excluding hydrogens is 400 g/mol. The Bertz CT molecular complexity index is 965. The molecular formula is C27H34N2O3. The van der Waals surface area contributed by atoms with Crippen molar-refractivity contribution in [3.05, 3.63) is 59.7 Å². The van der Waals surface area contributed by atoms with E-state index in [9.17, 15) is 9.59 Å². The molecule has 2 amide bonds. The molecule has 1 heterocycles. The summed E-state index contributed by atoms with van der Waals surface area (Å²) in [4.78, 5) is 30.2. The molecule has 4 rings (SSSR count). The van der Waals surface area contributed by atoms with Crippen LogP contribution >= 0.6 is 0 Å². The zero-order valence-electron chi connectivity index (χ0n) is 19.4. The van der Waals surface area contributed by atoms with Gasteiger partial charge in [0.05, 0.1) is 6.10 Å². The van der Waals surface area contributed by atoms with Crippen molar-refractivity contribution in [1.82, 2.24) is 9.80 Å². The molecule has 0 bridgehead atoms. The molecule has 0 aromatic heterocycles. The highest BCUT2D eigenvalue weighted by molar-refractivity contribution is 5.90. The lowest BCUT2D eigenvalue weighted by molar-refractivity contribution is -0.153. The molecule has 1 saturated heterocycles. The highest BCUT2D eigenvalue weighted by Gasteiger charge is 2.39. The zero-order chi connectivity index (χ0) is 22.7. The minimum absolute atomic E-state index is 0.00147. The Labute approximate surface area is 191 Å². The number of aryl methyl sites for hydroxylation is 1. The van der Waals surface area contributed by atoms with Crippen LogP contribution in [0.3, 0.4) is 0 Å². The monoisotopic (exact) mass is 434 g/mol. The van der Waals surface area contributed by atoms with E-state index < -0.39 is 6.04 Å². The highest BCUT2D eigenvalue weighted by atomic mass is 16.5. The summed E-state index contributed by atoms with van der Waals surface area (Å²) >= 11 is 0. The number of hydrogen-bond donors (Lipinski definition) is 0. The molecule has 2 fully saturated rings. The Balaban J connectivity index is 1.55. The van der Waals surface area contributed by atoms with Crippen LogP contribution in [0.1, 0.15) is 36.8 Å². The molecule has 0 unspecified atom stereocenters. The number of nitrogens with zero attached hydrogens (tertiary/aromatic N) is 2. The summed E-state index contributed by atoms with van der Waals surface area (Å²) in [6.45, 7) is 3.31. The van der Waals surface area contributed by atoms with Gasteiger partial charge in [-0.3, -0.25) is 9.59 Å². The molecule has 0 N–H and O–H groups in total. The highest BCUT2D eigenvalue weighted by Crippen LogP contribution is 2.30. The molecule has 32 heavy (non-hydrogen) atoms. The quantitative estimate of drug-likeness (QED) is 0.713. The predicted octanol–water partition coefficient (Wildman–Crippen LogP) is 4.08. The summed E-state index contributed by atoms with van der Waals surface area (Å²) < 4.78 is 5.47. The first-order valence-corrected chi connectivity index (χ1v) is 11.7. The van der Waals surface area contributed by atoms with E-state index in [-0.39, 0.29) is 23.8 Å². The van der Waals surface area contributed by atoms with Gasteiger partial charge in [-0.25, -0.2) is 0 Å². The standard InChI is InChI=1S/C27H34N2O3/c1-19-7-4-5-10-24(19)22-9-6-8-20(17-22)18-25-27(31)28(2)15-16-29(25)26(30)21-11-13-23(32-3)14-12-21/h4-10,17,21,23,25H,11-16,18H2,1-3H3/t21?,23?,25-/m0/s1. The number of benzene rings is 2. The predicted molar refractivity (Wildman–Crippen MR) is 126 cm³/mol. The van der Waals surface area contributed by atoms with E-state index in [2.05, 4.69) is 37.3 Å². The minimum Gasteiger partial charge on any atom is -0.381 e. The molecule has 1 aliphatic heterocycles. The van der Waals surface area contributed by atoms with Crippen molar-refractivity contribution in [2.75, 3.05) is 27.2 Å². The molecule has 2 aromatic rings. The van der Waals surface area contributed by atoms with Crippen LogP contribution in [0.25, 0.3) is 11.1 Å². The van der Waals surface area contributed by atoms with E-state index in [1.807, 2.05) is 30.1 Å². The van der Waals surface area contributed by atoms with E-state index in [1.165, 1.54) is 11.1 Å². The topological polar surface area (TPSA) is 49.9 Å². The third-order valence-corrected chi connectivity index (χ3v) is 7.17.